The van der Waals surface area contributed by atoms with E-state index in [9.17, 15) is 0 Å². The van der Waals surface area contributed by atoms with Crippen LogP contribution in [0.3, 0.4) is 0 Å². The molecule has 0 bridgehead atoms. The van der Waals surface area contributed by atoms with E-state index in [1.165, 1.54) is 64.2 Å². The lowest BCUT2D eigenvalue weighted by Gasteiger charge is -2.31. The molecular formula is C15H28O2. The maximum absolute atomic E-state index is 6.12. The summed E-state index contributed by atoms with van der Waals surface area (Å²) in [7, 11) is 0. The van der Waals surface area contributed by atoms with Crippen LogP contribution in [0.15, 0.2) is 0 Å². The standard InChI is InChI=1S/C15H28O2/c1-2-15(16-13-9-5-3-6-10-13)17-14-11-7-4-8-12-14/h13-15H,2-12H2,1H3. The van der Waals surface area contributed by atoms with E-state index in [1.807, 2.05) is 0 Å². The Hall–Kier alpha value is -0.0800. The molecule has 2 saturated carbocycles. The van der Waals surface area contributed by atoms with Crippen LogP contribution in [0, 0.1) is 0 Å². The van der Waals surface area contributed by atoms with Gasteiger partial charge in [0.1, 0.15) is 0 Å². The molecule has 100 valence electrons. The lowest BCUT2D eigenvalue weighted by Crippen LogP contribution is -2.30. The summed E-state index contributed by atoms with van der Waals surface area (Å²) < 4.78 is 12.2. The van der Waals surface area contributed by atoms with Gasteiger partial charge in [0.25, 0.3) is 0 Å². The van der Waals surface area contributed by atoms with E-state index < -0.39 is 0 Å². The number of hydrogen-bond donors (Lipinski definition) is 0. The molecule has 0 N–H and O–H groups in total. The average Bonchev–Trinajstić information content (AvgIpc) is 2.40. The van der Waals surface area contributed by atoms with Gasteiger partial charge in [0.2, 0.25) is 0 Å². The molecule has 0 radical (unpaired) electrons. The van der Waals surface area contributed by atoms with Gasteiger partial charge < -0.3 is 9.47 Å². The van der Waals surface area contributed by atoms with E-state index in [4.69, 9.17) is 9.47 Å². The first-order valence-corrected chi connectivity index (χ1v) is 7.69. The molecule has 0 aromatic heterocycles. The van der Waals surface area contributed by atoms with Gasteiger partial charge in [-0.25, -0.2) is 0 Å². The fraction of sp³-hybridized carbons (Fsp3) is 1.00. The Labute approximate surface area is 106 Å². The van der Waals surface area contributed by atoms with Gasteiger partial charge in [-0.3, -0.25) is 0 Å². The molecule has 2 fully saturated rings. The van der Waals surface area contributed by atoms with Gasteiger partial charge >= 0.3 is 0 Å². The largest absolute Gasteiger partial charge is 0.349 e. The number of ether oxygens (including phenoxy) is 2. The van der Waals surface area contributed by atoms with Gasteiger partial charge in [-0.2, -0.15) is 0 Å². The number of rotatable bonds is 5. The zero-order valence-electron chi connectivity index (χ0n) is 11.3. The van der Waals surface area contributed by atoms with Crippen LogP contribution in [0.2, 0.25) is 0 Å². The summed E-state index contributed by atoms with van der Waals surface area (Å²) in [6.07, 6.45) is 15.1. The minimum atomic E-state index is 0.0567. The molecule has 0 heterocycles. The third-order valence-corrected chi connectivity index (χ3v) is 4.13. The van der Waals surface area contributed by atoms with Crippen LogP contribution in [-0.2, 0) is 9.47 Å². The molecule has 0 unspecified atom stereocenters. The third-order valence-electron chi connectivity index (χ3n) is 4.13. The van der Waals surface area contributed by atoms with Crippen LogP contribution in [-0.4, -0.2) is 18.5 Å². The average molecular weight is 240 g/mol. The van der Waals surface area contributed by atoms with Gasteiger partial charge in [-0.05, 0) is 32.1 Å². The van der Waals surface area contributed by atoms with Gasteiger partial charge in [0, 0.05) is 0 Å². The second kappa shape index (κ2) is 7.38. The van der Waals surface area contributed by atoms with Crippen molar-refractivity contribution in [1.29, 1.82) is 0 Å². The van der Waals surface area contributed by atoms with Gasteiger partial charge in [-0.15, -0.1) is 0 Å². The summed E-state index contributed by atoms with van der Waals surface area (Å²) in [6, 6.07) is 0. The summed E-state index contributed by atoms with van der Waals surface area (Å²) in [6.45, 7) is 2.18. The van der Waals surface area contributed by atoms with Crippen molar-refractivity contribution in [2.45, 2.75) is 96.1 Å². The molecule has 2 aliphatic carbocycles. The van der Waals surface area contributed by atoms with E-state index >= 15 is 0 Å². The molecule has 0 saturated heterocycles. The topological polar surface area (TPSA) is 18.5 Å². The first-order valence-electron chi connectivity index (χ1n) is 7.69. The molecule has 0 aliphatic heterocycles. The van der Waals surface area contributed by atoms with E-state index in [2.05, 4.69) is 6.92 Å². The number of hydrogen-bond acceptors (Lipinski definition) is 2. The van der Waals surface area contributed by atoms with Crippen LogP contribution in [0.4, 0.5) is 0 Å². The smallest absolute Gasteiger partial charge is 0.158 e. The maximum Gasteiger partial charge on any atom is 0.158 e. The molecule has 17 heavy (non-hydrogen) atoms. The van der Waals surface area contributed by atoms with E-state index in [1.54, 1.807) is 0 Å². The molecule has 2 heteroatoms. The second-order valence-corrected chi connectivity index (χ2v) is 5.63. The SMILES string of the molecule is CCC(OC1CCCCC1)OC1CCCCC1. The Morgan fingerprint density at radius 2 is 1.18 bits per heavy atom. The maximum atomic E-state index is 6.12. The third kappa shape index (κ3) is 4.59. The fourth-order valence-corrected chi connectivity index (χ4v) is 3.06. The van der Waals surface area contributed by atoms with Crippen molar-refractivity contribution in [3.8, 4) is 0 Å². The van der Waals surface area contributed by atoms with Crippen LogP contribution >= 0.6 is 0 Å². The Morgan fingerprint density at radius 3 is 1.53 bits per heavy atom. The quantitative estimate of drug-likeness (QED) is 0.662. The fourth-order valence-electron chi connectivity index (χ4n) is 3.06. The summed E-state index contributed by atoms with van der Waals surface area (Å²) in [4.78, 5) is 0. The highest BCUT2D eigenvalue weighted by atomic mass is 16.7. The predicted molar refractivity (Wildman–Crippen MR) is 70.0 cm³/mol. The first-order chi connectivity index (χ1) is 8.38. The van der Waals surface area contributed by atoms with Crippen molar-refractivity contribution in [2.75, 3.05) is 0 Å². The minimum Gasteiger partial charge on any atom is -0.349 e. The van der Waals surface area contributed by atoms with Crippen LogP contribution in [0.25, 0.3) is 0 Å². The lowest BCUT2D eigenvalue weighted by molar-refractivity contribution is -0.204. The zero-order chi connectivity index (χ0) is 11.9. The second-order valence-electron chi connectivity index (χ2n) is 5.63. The molecule has 2 nitrogen and oxygen atoms in total. The van der Waals surface area contributed by atoms with Crippen molar-refractivity contribution in [1.82, 2.24) is 0 Å². The summed E-state index contributed by atoms with van der Waals surface area (Å²) in [5, 5.41) is 0. The van der Waals surface area contributed by atoms with Crippen molar-refractivity contribution < 1.29 is 9.47 Å². The molecule has 0 aromatic rings. The Morgan fingerprint density at radius 1 is 0.765 bits per heavy atom. The van der Waals surface area contributed by atoms with Crippen LogP contribution in [0.1, 0.15) is 77.6 Å². The summed E-state index contributed by atoms with van der Waals surface area (Å²) >= 11 is 0. The molecule has 0 aromatic carbocycles. The lowest BCUT2D eigenvalue weighted by atomic mass is 9.97. The molecular weight excluding hydrogens is 212 g/mol. The molecule has 2 aliphatic rings. The summed E-state index contributed by atoms with van der Waals surface area (Å²) in [5.74, 6) is 0. The van der Waals surface area contributed by atoms with Crippen LogP contribution < -0.4 is 0 Å². The van der Waals surface area contributed by atoms with Gasteiger partial charge in [0.05, 0.1) is 12.2 Å². The van der Waals surface area contributed by atoms with Crippen LogP contribution in [0.5, 0.6) is 0 Å². The Kier molecular flexibility index (Phi) is 5.79. The zero-order valence-corrected chi connectivity index (χ0v) is 11.3. The van der Waals surface area contributed by atoms with E-state index in [0.717, 1.165) is 6.42 Å². The highest BCUT2D eigenvalue weighted by Crippen LogP contribution is 2.26. The van der Waals surface area contributed by atoms with Crippen molar-refractivity contribution in [3.63, 3.8) is 0 Å². The highest BCUT2D eigenvalue weighted by Gasteiger charge is 2.22. The monoisotopic (exact) mass is 240 g/mol. The molecule has 0 atom stereocenters. The minimum absolute atomic E-state index is 0.0567. The van der Waals surface area contributed by atoms with E-state index in [-0.39, 0.29) is 6.29 Å². The van der Waals surface area contributed by atoms with Crippen molar-refractivity contribution in [2.24, 2.45) is 0 Å². The molecule has 0 spiro atoms. The summed E-state index contributed by atoms with van der Waals surface area (Å²) in [5.41, 5.74) is 0. The van der Waals surface area contributed by atoms with Gasteiger partial charge in [0.15, 0.2) is 6.29 Å². The van der Waals surface area contributed by atoms with Crippen molar-refractivity contribution >= 4 is 0 Å². The van der Waals surface area contributed by atoms with Gasteiger partial charge in [-0.1, -0.05) is 45.4 Å². The predicted octanol–water partition coefficient (Wildman–Crippen LogP) is 4.42. The Balaban J connectivity index is 1.71. The van der Waals surface area contributed by atoms with Crippen molar-refractivity contribution in [3.05, 3.63) is 0 Å². The van der Waals surface area contributed by atoms with E-state index in [0.29, 0.717) is 12.2 Å². The molecule has 0 amide bonds. The first kappa shape index (κ1) is 13.4. The molecule has 2 rings (SSSR count). The Bertz CT molecular complexity index is 173. The normalized spacial score (nSPS) is 24.4. The highest BCUT2D eigenvalue weighted by molar-refractivity contribution is 4.68.